The molecule has 0 radical (unpaired) electrons. The van der Waals surface area contributed by atoms with Gasteiger partial charge in [-0.25, -0.2) is 0 Å². The molecular formula is C12H22N2O3. The average Bonchev–Trinajstić information content (AvgIpc) is 3.00. The lowest BCUT2D eigenvalue weighted by Gasteiger charge is -2.27. The summed E-state index contributed by atoms with van der Waals surface area (Å²) < 4.78 is 5.41. The van der Waals surface area contributed by atoms with Crippen molar-refractivity contribution < 1.29 is 14.6 Å². The number of hydrogen-bond donors (Lipinski definition) is 2. The predicted molar refractivity (Wildman–Crippen MR) is 63.7 cm³/mol. The van der Waals surface area contributed by atoms with Crippen molar-refractivity contribution in [2.45, 2.75) is 37.8 Å². The molecule has 0 aromatic rings. The van der Waals surface area contributed by atoms with Crippen LogP contribution in [0, 0.1) is 0 Å². The lowest BCUT2D eigenvalue weighted by molar-refractivity contribution is -0.141. The highest BCUT2D eigenvalue weighted by molar-refractivity contribution is 5.81. The van der Waals surface area contributed by atoms with Crippen molar-refractivity contribution in [3.63, 3.8) is 0 Å². The van der Waals surface area contributed by atoms with Crippen LogP contribution in [-0.4, -0.2) is 60.9 Å². The van der Waals surface area contributed by atoms with E-state index in [0.717, 1.165) is 25.8 Å². The van der Waals surface area contributed by atoms with E-state index in [-0.39, 0.29) is 18.6 Å². The van der Waals surface area contributed by atoms with Crippen LogP contribution >= 0.6 is 0 Å². The summed E-state index contributed by atoms with van der Waals surface area (Å²) in [5, 5.41) is 12.4. The van der Waals surface area contributed by atoms with Gasteiger partial charge >= 0.3 is 0 Å². The summed E-state index contributed by atoms with van der Waals surface area (Å²) in [4.78, 5) is 13.9. The van der Waals surface area contributed by atoms with E-state index in [1.807, 2.05) is 0 Å². The molecule has 2 heterocycles. The Morgan fingerprint density at radius 2 is 2.29 bits per heavy atom. The Hall–Kier alpha value is -0.650. The maximum Gasteiger partial charge on any atom is 0.251 e. The number of hydrogen-bond acceptors (Lipinski definition) is 4. The van der Waals surface area contributed by atoms with Crippen molar-refractivity contribution in [2.75, 3.05) is 32.8 Å². The number of carbonyl (C=O) groups excluding carboxylic acids is 1. The third-order valence-corrected chi connectivity index (χ3v) is 3.49. The van der Waals surface area contributed by atoms with Crippen molar-refractivity contribution >= 4 is 5.91 Å². The molecule has 2 rings (SSSR count). The molecule has 1 amide bonds. The summed E-state index contributed by atoms with van der Waals surface area (Å²) in [6, 6.07) is 0.381. The van der Waals surface area contributed by atoms with Crippen LogP contribution in [0.1, 0.15) is 25.7 Å². The molecule has 98 valence electrons. The standard InChI is InChI=1S/C12H22N2O3/c15-7-6-14(9-10-3-1-5-13-10)12(16)11-4-2-8-17-11/h10-11,13,15H,1-9H2/t10?,11-/m1/s1. The number of aliphatic hydroxyl groups is 1. The van der Waals surface area contributed by atoms with Crippen LogP contribution in [0.3, 0.4) is 0 Å². The molecule has 2 fully saturated rings. The average molecular weight is 242 g/mol. The van der Waals surface area contributed by atoms with Crippen LogP contribution in [0.25, 0.3) is 0 Å². The summed E-state index contributed by atoms with van der Waals surface area (Å²) in [7, 11) is 0. The fourth-order valence-electron chi connectivity index (χ4n) is 2.57. The fraction of sp³-hybridized carbons (Fsp3) is 0.917. The molecule has 0 aromatic heterocycles. The molecule has 5 nitrogen and oxygen atoms in total. The first-order valence-electron chi connectivity index (χ1n) is 6.56. The van der Waals surface area contributed by atoms with Crippen molar-refractivity contribution in [1.82, 2.24) is 10.2 Å². The van der Waals surface area contributed by atoms with Crippen molar-refractivity contribution in [3.05, 3.63) is 0 Å². The molecule has 2 saturated heterocycles. The Kier molecular flexibility index (Phi) is 4.76. The summed E-state index contributed by atoms with van der Waals surface area (Å²) in [6.07, 6.45) is 3.79. The van der Waals surface area contributed by atoms with Crippen LogP contribution in [0.15, 0.2) is 0 Å². The zero-order chi connectivity index (χ0) is 12.1. The Labute approximate surface area is 102 Å². The van der Waals surface area contributed by atoms with Crippen LogP contribution in [0.2, 0.25) is 0 Å². The monoisotopic (exact) mass is 242 g/mol. The van der Waals surface area contributed by atoms with Crippen molar-refractivity contribution in [2.24, 2.45) is 0 Å². The van der Waals surface area contributed by atoms with Crippen molar-refractivity contribution in [1.29, 1.82) is 0 Å². The Morgan fingerprint density at radius 3 is 2.88 bits per heavy atom. The first kappa shape index (κ1) is 12.8. The number of ether oxygens (including phenoxy) is 1. The molecule has 1 unspecified atom stereocenters. The molecule has 2 aliphatic heterocycles. The van der Waals surface area contributed by atoms with E-state index in [4.69, 9.17) is 9.84 Å². The van der Waals surface area contributed by atoms with Crippen LogP contribution < -0.4 is 5.32 Å². The molecule has 5 heteroatoms. The predicted octanol–water partition coefficient (Wildman–Crippen LogP) is -0.262. The third-order valence-electron chi connectivity index (χ3n) is 3.49. The van der Waals surface area contributed by atoms with Gasteiger partial charge in [-0.3, -0.25) is 4.79 Å². The molecule has 0 saturated carbocycles. The number of carbonyl (C=O) groups is 1. The molecular weight excluding hydrogens is 220 g/mol. The van der Waals surface area contributed by atoms with Crippen LogP contribution in [-0.2, 0) is 9.53 Å². The number of aliphatic hydroxyl groups excluding tert-OH is 1. The first-order valence-corrected chi connectivity index (χ1v) is 6.56. The van der Waals surface area contributed by atoms with E-state index in [1.54, 1.807) is 4.90 Å². The smallest absolute Gasteiger partial charge is 0.251 e. The van der Waals surface area contributed by atoms with Gasteiger partial charge in [0, 0.05) is 25.7 Å². The SMILES string of the molecule is O=C([C@H]1CCCO1)N(CCO)CC1CCCN1. The maximum atomic E-state index is 12.2. The van der Waals surface area contributed by atoms with E-state index in [0.29, 0.717) is 25.7 Å². The normalized spacial score (nSPS) is 28.5. The molecule has 2 aliphatic rings. The second kappa shape index (κ2) is 6.33. The van der Waals surface area contributed by atoms with Gasteiger partial charge in [0.1, 0.15) is 6.10 Å². The Morgan fingerprint density at radius 1 is 1.41 bits per heavy atom. The number of nitrogens with one attached hydrogen (secondary N) is 1. The highest BCUT2D eigenvalue weighted by Crippen LogP contribution is 2.16. The van der Waals surface area contributed by atoms with Gasteiger partial charge in [-0.15, -0.1) is 0 Å². The van der Waals surface area contributed by atoms with E-state index in [2.05, 4.69) is 5.32 Å². The van der Waals surface area contributed by atoms with E-state index in [1.165, 1.54) is 6.42 Å². The minimum atomic E-state index is -0.275. The summed E-state index contributed by atoms with van der Waals surface area (Å²) >= 11 is 0. The number of nitrogens with zero attached hydrogens (tertiary/aromatic N) is 1. The molecule has 0 aliphatic carbocycles. The van der Waals surface area contributed by atoms with Gasteiger partial charge in [-0.05, 0) is 32.2 Å². The van der Waals surface area contributed by atoms with Gasteiger partial charge in [0.2, 0.25) is 0 Å². The summed E-state index contributed by atoms with van der Waals surface area (Å²) in [6.45, 7) is 2.85. The Bertz CT molecular complexity index is 248. The first-order chi connectivity index (χ1) is 8.31. The van der Waals surface area contributed by atoms with Gasteiger partial charge in [0.25, 0.3) is 5.91 Å². The Balaban J connectivity index is 1.87. The van der Waals surface area contributed by atoms with E-state index < -0.39 is 0 Å². The minimum absolute atomic E-state index is 0.0190. The molecule has 2 N–H and O–H groups in total. The van der Waals surface area contributed by atoms with Crippen molar-refractivity contribution in [3.8, 4) is 0 Å². The maximum absolute atomic E-state index is 12.2. The number of rotatable bonds is 5. The summed E-state index contributed by atoms with van der Waals surface area (Å²) in [5.74, 6) is 0.0465. The zero-order valence-corrected chi connectivity index (χ0v) is 10.2. The zero-order valence-electron chi connectivity index (χ0n) is 10.2. The molecule has 0 aromatic carbocycles. The second-order valence-corrected chi connectivity index (χ2v) is 4.80. The minimum Gasteiger partial charge on any atom is -0.395 e. The lowest BCUT2D eigenvalue weighted by atomic mass is 10.1. The van der Waals surface area contributed by atoms with Gasteiger partial charge in [0.15, 0.2) is 0 Å². The van der Waals surface area contributed by atoms with E-state index in [9.17, 15) is 4.79 Å². The molecule has 0 spiro atoms. The van der Waals surface area contributed by atoms with Gasteiger partial charge in [-0.1, -0.05) is 0 Å². The van der Waals surface area contributed by atoms with Gasteiger partial charge in [-0.2, -0.15) is 0 Å². The van der Waals surface area contributed by atoms with Gasteiger partial charge < -0.3 is 20.1 Å². The van der Waals surface area contributed by atoms with Crippen LogP contribution in [0.4, 0.5) is 0 Å². The molecule has 2 atom stereocenters. The molecule has 17 heavy (non-hydrogen) atoms. The largest absolute Gasteiger partial charge is 0.395 e. The van der Waals surface area contributed by atoms with E-state index >= 15 is 0 Å². The number of amides is 1. The fourth-order valence-corrected chi connectivity index (χ4v) is 2.57. The summed E-state index contributed by atoms with van der Waals surface area (Å²) in [5.41, 5.74) is 0. The van der Waals surface area contributed by atoms with Crippen LogP contribution in [0.5, 0.6) is 0 Å². The van der Waals surface area contributed by atoms with Gasteiger partial charge in [0.05, 0.1) is 6.61 Å². The lowest BCUT2D eigenvalue weighted by Crippen LogP contribution is -2.46. The highest BCUT2D eigenvalue weighted by Gasteiger charge is 2.29. The highest BCUT2D eigenvalue weighted by atomic mass is 16.5. The third kappa shape index (κ3) is 3.40. The molecule has 0 bridgehead atoms. The second-order valence-electron chi connectivity index (χ2n) is 4.80. The topological polar surface area (TPSA) is 61.8 Å². The quantitative estimate of drug-likeness (QED) is 0.697.